The van der Waals surface area contributed by atoms with Crippen LogP contribution in [0.25, 0.3) is 0 Å². The highest BCUT2D eigenvalue weighted by Gasteiger charge is 2.52. The summed E-state index contributed by atoms with van der Waals surface area (Å²) in [6, 6.07) is -7.41. The molecule has 0 aliphatic carbocycles. The second-order valence-corrected chi connectivity index (χ2v) is 23.9. The van der Waals surface area contributed by atoms with Crippen LogP contribution in [0.5, 0.6) is 5.75 Å². The molecule has 4 fully saturated rings. The molecule has 28 heteroatoms. The number of ether oxygens (including phenoxy) is 2. The molecule has 0 radical (unpaired) electrons. The number of aliphatic hydroxyl groups excluding tert-OH is 6. The van der Waals surface area contributed by atoms with Crippen molar-refractivity contribution in [1.82, 2.24) is 36.4 Å². The topological polar surface area (TPSA) is 372 Å². The Morgan fingerprint density at radius 2 is 1.40 bits per heavy atom. The maximum absolute atomic E-state index is 16.1. The van der Waals surface area contributed by atoms with Gasteiger partial charge in [-0.15, -0.1) is 0 Å². The third-order valence-electron chi connectivity index (χ3n) is 15.9. The Labute approximate surface area is 481 Å². The number of amides is 7. The van der Waals surface area contributed by atoms with Crippen LogP contribution in [0, 0.1) is 17.8 Å². The molecule has 4 heterocycles. The van der Waals surface area contributed by atoms with Gasteiger partial charge in [0.2, 0.25) is 48.1 Å². The molecule has 0 saturated carbocycles. The van der Waals surface area contributed by atoms with Crippen LogP contribution in [0.3, 0.4) is 0 Å². The summed E-state index contributed by atoms with van der Waals surface area (Å²) in [5.41, 5.74) is 5.68. The number of phenolic OH excluding ortho intramolecular Hbond substituents is 1. The Hall–Kier alpha value is -5.30. The molecule has 4 aliphatic rings. The van der Waals surface area contributed by atoms with Crippen LogP contribution in [0.2, 0.25) is 0 Å². The summed E-state index contributed by atoms with van der Waals surface area (Å²) in [6.07, 6.45) is -16.3. The van der Waals surface area contributed by atoms with Gasteiger partial charge in [0.1, 0.15) is 60.3 Å². The van der Waals surface area contributed by atoms with Gasteiger partial charge in [-0.25, -0.2) is 0 Å². The van der Waals surface area contributed by atoms with Gasteiger partial charge < -0.3 is 82.6 Å². The highest BCUT2D eigenvalue weighted by Crippen LogP contribution is 2.30. The Morgan fingerprint density at radius 1 is 0.759 bits per heavy atom. The van der Waals surface area contributed by atoms with Crippen molar-refractivity contribution in [2.75, 3.05) is 53.7 Å². The summed E-state index contributed by atoms with van der Waals surface area (Å²) in [7, 11) is 2.17. The molecular formula is C55H89F3N9O16+. The van der Waals surface area contributed by atoms with Crippen molar-refractivity contribution in [2.24, 2.45) is 23.5 Å². The number of nitrogens with zero attached hydrogens (tertiary/aromatic N) is 3. The lowest BCUT2D eigenvalue weighted by molar-refractivity contribution is -0.914. The second-order valence-electron chi connectivity index (χ2n) is 23.9. The van der Waals surface area contributed by atoms with Crippen molar-refractivity contribution >= 4 is 41.4 Å². The van der Waals surface area contributed by atoms with Crippen molar-refractivity contribution in [2.45, 2.75) is 196 Å². The molecule has 25 nitrogen and oxygen atoms in total. The lowest BCUT2D eigenvalue weighted by Crippen LogP contribution is -2.64. The van der Waals surface area contributed by atoms with Crippen LogP contribution in [0.15, 0.2) is 24.3 Å². The molecule has 17 atom stereocenters. The van der Waals surface area contributed by atoms with E-state index in [1.165, 1.54) is 26.0 Å². The number of benzene rings is 1. The SMILES string of the molecule is C[C@@H]1CCCCCCCCC(=O)N[C@H]2C[C@@H](O)[C@@H](OC(F)(F)C[N+](C)(C)CF)NC(=O)[C@@H]3[C@@H](O)[C@@H](C)CN3C(=O)[C@H]([C@H](O)CCN)NC(=O)[C@H]([C@H](O)[C@@H](O)c3ccc(O)cc3)NC(=O)[C@@H]3C[C@@H](O)CN3C(=O)[C@@H](NC2=O)[C@@H](C)OC[C@H](C)C1. The number of likely N-dealkylation sites (N-methyl/N-ethyl adjacent to an activating group) is 1. The molecule has 0 spiro atoms. The van der Waals surface area contributed by atoms with Crippen molar-refractivity contribution < 1.29 is 96.4 Å². The maximum Gasteiger partial charge on any atom is 0.406 e. The van der Waals surface area contributed by atoms with Gasteiger partial charge in [0.15, 0.2) is 12.8 Å². The first-order valence-electron chi connectivity index (χ1n) is 28.7. The first-order valence-corrected chi connectivity index (χ1v) is 28.7. The standard InChI is InChI=1S/C55H88F3N9O16/c1-29-13-11-9-7-8-10-12-14-40(72)60-36-23-39(71)52(83-55(57,58)27-67(5,6)28-56)64-51(79)44-45(73)31(3)24-66(44)54(81)42(38(70)19-20-59)62-50(78)43(47(75)46(74)33-15-17-34(68)18-16-33)63-49(77)37-22-35(69)25-65(37)53(80)41(61-48(36)76)32(4)82-26-30(2)21-29/h15-18,29-32,35-39,41-47,52,69-71,73-75H,7-14,19-28,59H2,1-6H3,(H5-,60,61,62,63,64,68,72,76,77,78,79)/p+1/t29-,30-,31+,32-,35-,36+,37+,38-,39-,41+,42+,43+,44+,45+,46+,47+,52-/m1/s1. The number of alkyl halides is 3. The average molecular weight is 1190 g/mol. The quantitative estimate of drug-likeness (QED) is 0.0898. The van der Waals surface area contributed by atoms with Crippen LogP contribution in [0.1, 0.15) is 116 Å². The highest BCUT2D eigenvalue weighted by atomic mass is 19.3. The van der Waals surface area contributed by atoms with Crippen LogP contribution in [0.4, 0.5) is 13.2 Å². The monoisotopic (exact) mass is 1190 g/mol. The minimum Gasteiger partial charge on any atom is -0.508 e. The molecule has 14 N–H and O–H groups in total. The zero-order valence-electron chi connectivity index (χ0n) is 48.2. The van der Waals surface area contributed by atoms with Crippen LogP contribution < -0.4 is 32.3 Å². The molecule has 0 aromatic heterocycles. The van der Waals surface area contributed by atoms with Crippen molar-refractivity contribution in [3.63, 3.8) is 0 Å². The normalized spacial score (nSPS) is 32.8. The summed E-state index contributed by atoms with van der Waals surface area (Å²) in [5, 5.41) is 91.5. The fraction of sp³-hybridized carbons (Fsp3) is 0.764. The molecule has 2 bridgehead atoms. The average Bonchev–Trinajstić information content (AvgIpc) is 3.89. The van der Waals surface area contributed by atoms with E-state index in [4.69, 9.17) is 15.2 Å². The number of hydrogen-bond donors (Lipinski definition) is 13. The molecule has 4 saturated heterocycles. The van der Waals surface area contributed by atoms with Gasteiger partial charge in [0.05, 0.1) is 38.5 Å². The minimum atomic E-state index is -4.40. The molecule has 1 aromatic carbocycles. The van der Waals surface area contributed by atoms with Gasteiger partial charge in [-0.3, -0.25) is 42.8 Å². The highest BCUT2D eigenvalue weighted by molar-refractivity contribution is 5.98. The zero-order valence-corrected chi connectivity index (χ0v) is 48.2. The largest absolute Gasteiger partial charge is 0.508 e. The van der Waals surface area contributed by atoms with E-state index < -0.39 is 189 Å². The van der Waals surface area contributed by atoms with Crippen molar-refractivity contribution in [3.8, 4) is 5.75 Å². The lowest BCUT2D eigenvalue weighted by atomic mass is 9.92. The molecule has 470 valence electrons. The number of halogens is 3. The summed E-state index contributed by atoms with van der Waals surface area (Å²) in [5.74, 6) is -9.61. The predicted molar refractivity (Wildman–Crippen MR) is 290 cm³/mol. The zero-order chi connectivity index (χ0) is 61.7. The summed E-state index contributed by atoms with van der Waals surface area (Å²) in [6.45, 7) is 2.72. The number of nitrogens with one attached hydrogen (secondary N) is 5. The van der Waals surface area contributed by atoms with Crippen LogP contribution in [-0.2, 0) is 43.0 Å². The molecule has 7 amide bonds. The number of hydrogen-bond acceptors (Lipinski definition) is 17. The lowest BCUT2D eigenvalue weighted by Gasteiger charge is -2.36. The Kier molecular flexibility index (Phi) is 25.3. The third kappa shape index (κ3) is 19.1. The van der Waals surface area contributed by atoms with Crippen molar-refractivity contribution in [1.29, 1.82) is 0 Å². The number of quaternary nitrogens is 1. The number of aromatic hydroxyl groups is 1. The summed E-state index contributed by atoms with van der Waals surface area (Å²) < 4.78 is 56.7. The molecule has 0 unspecified atom stereocenters. The first kappa shape index (κ1) is 68.5. The number of carbonyl (C=O) groups excluding carboxylic acids is 7. The van der Waals surface area contributed by atoms with Crippen LogP contribution in [-0.4, -0.2) is 230 Å². The van der Waals surface area contributed by atoms with E-state index in [0.29, 0.717) is 24.2 Å². The number of phenols is 1. The fourth-order valence-corrected chi connectivity index (χ4v) is 11.2. The van der Waals surface area contributed by atoms with Gasteiger partial charge in [-0.1, -0.05) is 71.4 Å². The fourth-order valence-electron chi connectivity index (χ4n) is 11.2. The van der Waals surface area contributed by atoms with E-state index in [1.807, 2.05) is 6.92 Å². The van der Waals surface area contributed by atoms with Crippen LogP contribution >= 0.6 is 0 Å². The third-order valence-corrected chi connectivity index (χ3v) is 15.9. The van der Waals surface area contributed by atoms with E-state index in [2.05, 4.69) is 33.5 Å². The van der Waals surface area contributed by atoms with E-state index in [0.717, 1.165) is 63.2 Å². The second kappa shape index (κ2) is 30.7. The molecule has 1 aromatic rings. The molecule has 83 heavy (non-hydrogen) atoms. The van der Waals surface area contributed by atoms with E-state index >= 15 is 13.6 Å². The number of fused-ring (bicyclic) bond motifs is 5. The summed E-state index contributed by atoms with van der Waals surface area (Å²) >= 11 is 0. The van der Waals surface area contributed by atoms with Gasteiger partial charge in [-0.05, 0) is 62.3 Å². The van der Waals surface area contributed by atoms with Gasteiger partial charge >= 0.3 is 6.11 Å². The number of nitrogens with two attached hydrogens (primary N) is 1. The maximum atomic E-state index is 16.1. The molecule has 5 rings (SSSR count). The van der Waals surface area contributed by atoms with E-state index in [-0.39, 0.29) is 42.7 Å². The smallest absolute Gasteiger partial charge is 0.406 e. The molecular weight excluding hydrogens is 1100 g/mol. The van der Waals surface area contributed by atoms with E-state index in [9.17, 15) is 68.9 Å². The van der Waals surface area contributed by atoms with Gasteiger partial charge in [0, 0.05) is 44.9 Å². The van der Waals surface area contributed by atoms with E-state index in [1.54, 1.807) is 0 Å². The summed E-state index contributed by atoms with van der Waals surface area (Å²) in [4.78, 5) is 104. The Morgan fingerprint density at radius 3 is 2.05 bits per heavy atom. The van der Waals surface area contributed by atoms with Gasteiger partial charge in [-0.2, -0.15) is 13.2 Å². The Bertz CT molecular complexity index is 2350. The van der Waals surface area contributed by atoms with Gasteiger partial charge in [0.25, 0.3) is 0 Å². The number of aliphatic hydroxyl groups is 6. The van der Waals surface area contributed by atoms with Crippen molar-refractivity contribution in [3.05, 3.63) is 29.8 Å². The number of rotatable bonds is 11. The molecule has 4 aliphatic heterocycles. The first-order chi connectivity index (χ1) is 39.0. The number of carbonyl (C=O) groups is 7. The predicted octanol–water partition coefficient (Wildman–Crippen LogP) is -1.37. The Balaban J connectivity index is 1.72. The minimum absolute atomic E-state index is 0.0365.